The Kier molecular flexibility index (Phi) is 14.0. The fraction of sp³-hybridized carbons (Fsp3) is 0. The Morgan fingerprint density at radius 1 is 0.364 bits per heavy atom. The molecule has 3 aromatic rings. The first-order chi connectivity index (χ1) is 10.2. The maximum absolute atomic E-state index is 2.63. The Bertz CT molecular complexity index is 497. The molecular formula is C18H21P3Pd+2. The third-order valence-electron chi connectivity index (χ3n) is 2.40. The fourth-order valence-corrected chi connectivity index (χ4v) is 2.03. The fourth-order valence-electron chi connectivity index (χ4n) is 1.36. The first-order valence-electron chi connectivity index (χ1n) is 6.60. The average molecular weight is 437 g/mol. The van der Waals surface area contributed by atoms with Gasteiger partial charge in [-0.3, -0.25) is 0 Å². The molecule has 0 radical (unpaired) electrons. The molecule has 22 heavy (non-hydrogen) atoms. The molecule has 3 unspecified atom stereocenters. The van der Waals surface area contributed by atoms with Crippen molar-refractivity contribution < 1.29 is 20.4 Å². The van der Waals surface area contributed by atoms with E-state index in [-0.39, 0.29) is 20.4 Å². The molecule has 0 N–H and O–H groups in total. The van der Waals surface area contributed by atoms with Crippen molar-refractivity contribution in [3.63, 3.8) is 0 Å². The van der Waals surface area contributed by atoms with Crippen molar-refractivity contribution in [1.82, 2.24) is 0 Å². The van der Waals surface area contributed by atoms with Gasteiger partial charge >= 0.3 is 20.4 Å². The van der Waals surface area contributed by atoms with Gasteiger partial charge < -0.3 is 0 Å². The first kappa shape index (κ1) is 21.6. The molecule has 0 saturated carbocycles. The molecule has 3 aromatic carbocycles. The van der Waals surface area contributed by atoms with Gasteiger partial charge in [-0.1, -0.05) is 91.0 Å². The molecule has 3 rings (SSSR count). The van der Waals surface area contributed by atoms with Crippen molar-refractivity contribution in [3.05, 3.63) is 91.0 Å². The molecule has 0 aliphatic carbocycles. The molecule has 0 aliphatic rings. The van der Waals surface area contributed by atoms with E-state index in [1.54, 1.807) is 0 Å². The van der Waals surface area contributed by atoms with E-state index in [1.165, 1.54) is 15.9 Å². The zero-order chi connectivity index (χ0) is 15.3. The molecule has 0 aliphatic heterocycles. The van der Waals surface area contributed by atoms with Crippen LogP contribution >= 0.6 is 27.7 Å². The van der Waals surface area contributed by atoms with Gasteiger partial charge in [0.2, 0.25) is 0 Å². The summed E-state index contributed by atoms with van der Waals surface area (Å²) in [6.07, 6.45) is 0. The predicted molar refractivity (Wildman–Crippen MR) is 107 cm³/mol. The third-order valence-corrected chi connectivity index (χ3v) is 3.55. The van der Waals surface area contributed by atoms with Crippen molar-refractivity contribution in [2.75, 3.05) is 0 Å². The quantitative estimate of drug-likeness (QED) is 0.373. The van der Waals surface area contributed by atoms with E-state index in [2.05, 4.69) is 27.7 Å². The summed E-state index contributed by atoms with van der Waals surface area (Å²) in [6.45, 7) is 0. The second kappa shape index (κ2) is 14.2. The molecule has 0 nitrogen and oxygen atoms in total. The van der Waals surface area contributed by atoms with Crippen molar-refractivity contribution in [2.24, 2.45) is 0 Å². The number of rotatable bonds is 0. The molecule has 116 valence electrons. The van der Waals surface area contributed by atoms with Crippen LogP contribution in [0.4, 0.5) is 0 Å². The molecule has 0 heterocycles. The van der Waals surface area contributed by atoms with Crippen LogP contribution in [0.5, 0.6) is 0 Å². The van der Waals surface area contributed by atoms with E-state index >= 15 is 0 Å². The van der Waals surface area contributed by atoms with E-state index in [0.717, 1.165) is 0 Å². The summed E-state index contributed by atoms with van der Waals surface area (Å²) in [7, 11) is 7.89. The van der Waals surface area contributed by atoms with Gasteiger partial charge in [-0.2, -0.15) is 0 Å². The van der Waals surface area contributed by atoms with E-state index in [1.807, 2.05) is 91.0 Å². The molecular weight excluding hydrogens is 416 g/mol. The van der Waals surface area contributed by atoms with Crippen LogP contribution < -0.4 is 15.9 Å². The van der Waals surface area contributed by atoms with Gasteiger partial charge in [0, 0.05) is 0 Å². The Morgan fingerprint density at radius 3 is 0.636 bits per heavy atom. The van der Waals surface area contributed by atoms with E-state index < -0.39 is 0 Å². The van der Waals surface area contributed by atoms with Crippen LogP contribution in [0.2, 0.25) is 0 Å². The van der Waals surface area contributed by atoms with Gasteiger partial charge in [0.1, 0.15) is 0 Å². The second-order valence-corrected chi connectivity index (χ2v) is 6.23. The van der Waals surface area contributed by atoms with Crippen LogP contribution in [0.25, 0.3) is 0 Å². The zero-order valence-corrected chi connectivity index (χ0v) is 17.2. The maximum atomic E-state index is 2.63. The Labute approximate surface area is 154 Å². The smallest absolute Gasteiger partial charge is 0.106 e. The minimum absolute atomic E-state index is 0. The van der Waals surface area contributed by atoms with Gasteiger partial charge in [-0.15, -0.1) is 27.7 Å². The van der Waals surface area contributed by atoms with E-state index in [0.29, 0.717) is 0 Å². The summed E-state index contributed by atoms with van der Waals surface area (Å²) in [5.74, 6) is 0. The van der Waals surface area contributed by atoms with Crippen molar-refractivity contribution in [1.29, 1.82) is 0 Å². The summed E-state index contributed by atoms with van der Waals surface area (Å²) < 4.78 is 0. The van der Waals surface area contributed by atoms with Gasteiger partial charge in [-0.05, 0) is 15.9 Å². The van der Waals surface area contributed by atoms with Gasteiger partial charge in [-0.25, -0.2) is 0 Å². The number of hydrogen-bond acceptors (Lipinski definition) is 0. The van der Waals surface area contributed by atoms with Crippen LogP contribution in [0.3, 0.4) is 0 Å². The monoisotopic (exact) mass is 436 g/mol. The SMILES string of the molecule is Pc1ccccc1.Pc1ccccc1.Pc1ccccc1.[Pd+2]. The third kappa shape index (κ3) is 12.2. The largest absolute Gasteiger partial charge is 2.00 e. The van der Waals surface area contributed by atoms with Crippen LogP contribution in [-0.4, -0.2) is 0 Å². The van der Waals surface area contributed by atoms with Crippen molar-refractivity contribution in [2.45, 2.75) is 0 Å². The van der Waals surface area contributed by atoms with Gasteiger partial charge in [0.05, 0.1) is 0 Å². The van der Waals surface area contributed by atoms with Crippen LogP contribution in [0.1, 0.15) is 0 Å². The summed E-state index contributed by atoms with van der Waals surface area (Å²) >= 11 is 0. The summed E-state index contributed by atoms with van der Waals surface area (Å²) in [6, 6.07) is 30.4. The molecule has 0 aromatic heterocycles. The van der Waals surface area contributed by atoms with Crippen LogP contribution in [0.15, 0.2) is 91.0 Å². The molecule has 0 fully saturated rings. The topological polar surface area (TPSA) is 0 Å². The standard InChI is InChI=1S/3C6H7P.Pd/c3*7-6-4-2-1-3-5-6;/h3*1-5H,7H2;/q;;;+2. The minimum atomic E-state index is 0. The van der Waals surface area contributed by atoms with Gasteiger partial charge in [0.25, 0.3) is 0 Å². The molecule has 0 bridgehead atoms. The van der Waals surface area contributed by atoms with Crippen LogP contribution in [0, 0.1) is 0 Å². The van der Waals surface area contributed by atoms with Crippen molar-refractivity contribution >= 4 is 43.6 Å². The number of benzene rings is 3. The van der Waals surface area contributed by atoms with Crippen LogP contribution in [-0.2, 0) is 20.4 Å². The van der Waals surface area contributed by atoms with Gasteiger partial charge in [0.15, 0.2) is 0 Å². The summed E-state index contributed by atoms with van der Waals surface area (Å²) in [5, 5.41) is 3.72. The molecule has 3 atom stereocenters. The zero-order valence-electron chi connectivity index (χ0n) is 12.2. The number of hydrogen-bond donors (Lipinski definition) is 0. The maximum Gasteiger partial charge on any atom is 2.00 e. The summed E-state index contributed by atoms with van der Waals surface area (Å²) in [5.41, 5.74) is 0. The molecule has 4 heteroatoms. The average Bonchev–Trinajstić information content (AvgIpc) is 2.51. The molecule has 0 saturated heterocycles. The molecule has 0 amide bonds. The van der Waals surface area contributed by atoms with Crippen molar-refractivity contribution in [3.8, 4) is 0 Å². The Balaban J connectivity index is 0.000000294. The van der Waals surface area contributed by atoms with E-state index in [4.69, 9.17) is 0 Å². The Morgan fingerprint density at radius 2 is 0.545 bits per heavy atom. The van der Waals surface area contributed by atoms with E-state index in [9.17, 15) is 0 Å². The normalized spacial score (nSPS) is 8.32. The second-order valence-electron chi connectivity index (χ2n) is 4.23. The predicted octanol–water partition coefficient (Wildman–Crippen LogP) is 3.56. The minimum Gasteiger partial charge on any atom is -0.106 e. The first-order valence-corrected chi connectivity index (χ1v) is 8.33. The Hall–Kier alpha value is -0.388. The molecule has 0 spiro atoms. The summed E-state index contributed by atoms with van der Waals surface area (Å²) in [4.78, 5) is 0.